The summed E-state index contributed by atoms with van der Waals surface area (Å²) in [6.45, 7) is 4.06. The summed E-state index contributed by atoms with van der Waals surface area (Å²) in [5.74, 6) is -0.107. The van der Waals surface area contributed by atoms with Crippen molar-refractivity contribution in [3.05, 3.63) is 95.8 Å². The number of amides is 1. The zero-order valence-electron chi connectivity index (χ0n) is 15.0. The van der Waals surface area contributed by atoms with Crippen LogP contribution in [0.25, 0.3) is 17.2 Å². The van der Waals surface area contributed by atoms with E-state index in [2.05, 4.69) is 29.4 Å². The van der Waals surface area contributed by atoms with Crippen LogP contribution in [0, 0.1) is 6.92 Å². The van der Waals surface area contributed by atoms with Crippen molar-refractivity contribution < 1.29 is 4.79 Å². The van der Waals surface area contributed by atoms with Gasteiger partial charge in [-0.2, -0.15) is 0 Å². The van der Waals surface area contributed by atoms with Crippen LogP contribution in [-0.2, 0) is 4.79 Å². The Labute approximate surface area is 154 Å². The standard InChI is InChI=1S/C23H22N2O/c1-17-13-14-24-16-22(17)21-10-6-9-20(15-21)18(2)25-23(26)12-11-19-7-4-3-5-8-19/h3-16,18H,1-2H3,(H,25,26)/t18-/m0/s1. The van der Waals surface area contributed by atoms with Gasteiger partial charge in [0, 0.05) is 24.0 Å². The number of nitrogens with one attached hydrogen (secondary N) is 1. The number of pyridine rings is 1. The maximum Gasteiger partial charge on any atom is 0.244 e. The molecule has 1 N–H and O–H groups in total. The van der Waals surface area contributed by atoms with Crippen molar-refractivity contribution in [2.24, 2.45) is 0 Å². The molecule has 0 fully saturated rings. The minimum Gasteiger partial charge on any atom is -0.346 e. The molecule has 0 spiro atoms. The highest BCUT2D eigenvalue weighted by atomic mass is 16.1. The van der Waals surface area contributed by atoms with E-state index in [9.17, 15) is 4.79 Å². The van der Waals surface area contributed by atoms with Crippen molar-refractivity contribution in [2.75, 3.05) is 0 Å². The summed E-state index contributed by atoms with van der Waals surface area (Å²) < 4.78 is 0. The Hall–Kier alpha value is -3.20. The Morgan fingerprint density at radius 2 is 1.88 bits per heavy atom. The van der Waals surface area contributed by atoms with Gasteiger partial charge in [0.15, 0.2) is 0 Å². The van der Waals surface area contributed by atoms with Crippen molar-refractivity contribution in [3.63, 3.8) is 0 Å². The van der Waals surface area contributed by atoms with Gasteiger partial charge in [0.2, 0.25) is 5.91 Å². The molecule has 130 valence electrons. The number of carbonyl (C=O) groups is 1. The van der Waals surface area contributed by atoms with Crippen LogP contribution >= 0.6 is 0 Å². The molecule has 3 nitrogen and oxygen atoms in total. The van der Waals surface area contributed by atoms with E-state index in [1.54, 1.807) is 12.3 Å². The molecule has 0 aliphatic carbocycles. The molecule has 3 aromatic rings. The number of nitrogens with zero attached hydrogens (tertiary/aromatic N) is 1. The molecule has 2 aromatic carbocycles. The Morgan fingerprint density at radius 1 is 1.08 bits per heavy atom. The first-order valence-electron chi connectivity index (χ1n) is 8.68. The fourth-order valence-corrected chi connectivity index (χ4v) is 2.82. The largest absolute Gasteiger partial charge is 0.346 e. The van der Waals surface area contributed by atoms with E-state index < -0.39 is 0 Å². The third-order valence-electron chi connectivity index (χ3n) is 4.32. The second-order valence-corrected chi connectivity index (χ2v) is 6.29. The van der Waals surface area contributed by atoms with Crippen LogP contribution in [0.15, 0.2) is 79.1 Å². The molecule has 0 saturated carbocycles. The van der Waals surface area contributed by atoms with Gasteiger partial charge < -0.3 is 5.32 Å². The molecule has 26 heavy (non-hydrogen) atoms. The molecule has 0 aliphatic heterocycles. The molecule has 3 heteroatoms. The first kappa shape index (κ1) is 17.6. The Morgan fingerprint density at radius 3 is 2.65 bits per heavy atom. The van der Waals surface area contributed by atoms with Gasteiger partial charge in [-0.15, -0.1) is 0 Å². The minimum absolute atomic E-state index is 0.0835. The molecule has 0 bridgehead atoms. The number of rotatable bonds is 5. The lowest BCUT2D eigenvalue weighted by Crippen LogP contribution is -2.24. The van der Waals surface area contributed by atoms with E-state index in [0.717, 1.165) is 22.3 Å². The maximum atomic E-state index is 12.2. The van der Waals surface area contributed by atoms with Crippen molar-refractivity contribution in [1.82, 2.24) is 10.3 Å². The van der Waals surface area contributed by atoms with Gasteiger partial charge in [0.05, 0.1) is 6.04 Å². The average Bonchev–Trinajstić information content (AvgIpc) is 2.67. The second-order valence-electron chi connectivity index (χ2n) is 6.29. The second kappa shape index (κ2) is 8.26. The fraction of sp³-hybridized carbons (Fsp3) is 0.130. The minimum atomic E-state index is -0.107. The summed E-state index contributed by atoms with van der Waals surface area (Å²) in [5.41, 5.74) is 5.46. The van der Waals surface area contributed by atoms with Crippen LogP contribution in [0.5, 0.6) is 0 Å². The number of hydrogen-bond donors (Lipinski definition) is 1. The SMILES string of the molecule is Cc1ccncc1-c1cccc([C@H](C)NC(=O)C=Cc2ccccc2)c1. The van der Waals surface area contributed by atoms with Gasteiger partial charge in [0.25, 0.3) is 0 Å². The van der Waals surface area contributed by atoms with Crippen LogP contribution < -0.4 is 5.32 Å². The average molecular weight is 342 g/mol. The zero-order chi connectivity index (χ0) is 18.4. The molecule has 1 amide bonds. The summed E-state index contributed by atoms with van der Waals surface area (Å²) >= 11 is 0. The number of aryl methyl sites for hydroxylation is 1. The predicted molar refractivity (Wildman–Crippen MR) is 106 cm³/mol. The topological polar surface area (TPSA) is 42.0 Å². The third-order valence-corrected chi connectivity index (χ3v) is 4.32. The van der Waals surface area contributed by atoms with E-state index >= 15 is 0 Å². The van der Waals surface area contributed by atoms with E-state index in [1.165, 1.54) is 5.56 Å². The molecule has 1 aromatic heterocycles. The number of aromatic nitrogens is 1. The van der Waals surface area contributed by atoms with Gasteiger partial charge in [-0.25, -0.2) is 0 Å². The lowest BCUT2D eigenvalue weighted by Gasteiger charge is -2.15. The first-order chi connectivity index (χ1) is 12.6. The number of hydrogen-bond acceptors (Lipinski definition) is 2. The highest BCUT2D eigenvalue weighted by molar-refractivity contribution is 5.92. The summed E-state index contributed by atoms with van der Waals surface area (Å²) in [6.07, 6.45) is 7.06. The van der Waals surface area contributed by atoms with Gasteiger partial charge in [-0.05, 0) is 54.3 Å². The fourth-order valence-electron chi connectivity index (χ4n) is 2.82. The van der Waals surface area contributed by atoms with Crippen LogP contribution in [-0.4, -0.2) is 10.9 Å². The Kier molecular flexibility index (Phi) is 5.59. The third kappa shape index (κ3) is 4.45. The van der Waals surface area contributed by atoms with Crippen LogP contribution in [0.4, 0.5) is 0 Å². The van der Waals surface area contributed by atoms with Crippen LogP contribution in [0.2, 0.25) is 0 Å². The molecule has 0 unspecified atom stereocenters. The summed E-state index contributed by atoms with van der Waals surface area (Å²) in [5, 5.41) is 3.02. The maximum absolute atomic E-state index is 12.2. The molecular formula is C23H22N2O. The van der Waals surface area contributed by atoms with Gasteiger partial charge >= 0.3 is 0 Å². The highest BCUT2D eigenvalue weighted by Gasteiger charge is 2.09. The van der Waals surface area contributed by atoms with E-state index in [-0.39, 0.29) is 11.9 Å². The van der Waals surface area contributed by atoms with Gasteiger partial charge in [-0.3, -0.25) is 9.78 Å². The molecule has 0 radical (unpaired) electrons. The number of benzene rings is 2. The molecule has 1 heterocycles. The lowest BCUT2D eigenvalue weighted by molar-refractivity contribution is -0.117. The Bertz CT molecular complexity index is 916. The quantitative estimate of drug-likeness (QED) is 0.667. The predicted octanol–water partition coefficient (Wildman–Crippen LogP) is 4.95. The zero-order valence-corrected chi connectivity index (χ0v) is 15.0. The van der Waals surface area contributed by atoms with Crippen molar-refractivity contribution in [1.29, 1.82) is 0 Å². The molecule has 0 saturated heterocycles. The highest BCUT2D eigenvalue weighted by Crippen LogP contribution is 2.25. The van der Waals surface area contributed by atoms with Crippen LogP contribution in [0.3, 0.4) is 0 Å². The smallest absolute Gasteiger partial charge is 0.244 e. The lowest BCUT2D eigenvalue weighted by atomic mass is 9.98. The van der Waals surface area contributed by atoms with Gasteiger partial charge in [-0.1, -0.05) is 48.5 Å². The molecule has 1 atom stereocenters. The Balaban J connectivity index is 1.71. The molecular weight excluding hydrogens is 320 g/mol. The van der Waals surface area contributed by atoms with Crippen molar-refractivity contribution in [3.8, 4) is 11.1 Å². The van der Waals surface area contributed by atoms with Gasteiger partial charge in [0.1, 0.15) is 0 Å². The van der Waals surface area contributed by atoms with Crippen LogP contribution in [0.1, 0.15) is 29.7 Å². The number of carbonyl (C=O) groups excluding carboxylic acids is 1. The van der Waals surface area contributed by atoms with E-state index in [4.69, 9.17) is 0 Å². The normalized spacial score (nSPS) is 12.1. The van der Waals surface area contributed by atoms with E-state index in [1.807, 2.05) is 67.7 Å². The summed E-state index contributed by atoms with van der Waals surface area (Å²) in [7, 11) is 0. The first-order valence-corrected chi connectivity index (χ1v) is 8.68. The van der Waals surface area contributed by atoms with Crippen molar-refractivity contribution >= 4 is 12.0 Å². The van der Waals surface area contributed by atoms with Crippen molar-refractivity contribution in [2.45, 2.75) is 19.9 Å². The van der Waals surface area contributed by atoms with E-state index in [0.29, 0.717) is 0 Å². The summed E-state index contributed by atoms with van der Waals surface area (Å²) in [4.78, 5) is 16.4. The summed E-state index contributed by atoms with van der Waals surface area (Å²) in [6, 6.07) is 19.9. The molecule has 0 aliphatic rings. The molecule has 3 rings (SSSR count). The monoisotopic (exact) mass is 342 g/mol.